The topological polar surface area (TPSA) is 90.5 Å². The standard InChI is InChI=1S/C23H17BrFN3O3/c24-17-6-2-4-8-20(17)31-21-12-27-23(26)28-22(21)16-10-9-15(11-19(16)29)30-13-14-5-1-3-7-18(14)25/h1-12,29H,13H2,(H2,26,27,28). The third-order valence-corrected chi connectivity index (χ3v) is 5.06. The molecule has 0 unspecified atom stereocenters. The molecule has 4 rings (SSSR count). The molecule has 0 aliphatic heterocycles. The van der Waals surface area contributed by atoms with Crippen LogP contribution in [0, 0.1) is 5.82 Å². The molecular weight excluding hydrogens is 465 g/mol. The van der Waals surface area contributed by atoms with E-state index in [1.165, 1.54) is 18.3 Å². The van der Waals surface area contributed by atoms with Gasteiger partial charge in [0, 0.05) is 17.2 Å². The first-order valence-electron chi connectivity index (χ1n) is 9.26. The van der Waals surface area contributed by atoms with E-state index >= 15 is 0 Å². The van der Waals surface area contributed by atoms with Crippen molar-refractivity contribution >= 4 is 21.9 Å². The normalized spacial score (nSPS) is 10.6. The van der Waals surface area contributed by atoms with Gasteiger partial charge < -0.3 is 20.3 Å². The molecule has 0 fully saturated rings. The van der Waals surface area contributed by atoms with Crippen LogP contribution in [0.25, 0.3) is 11.3 Å². The number of nitrogen functional groups attached to an aromatic ring is 1. The first-order chi connectivity index (χ1) is 15.0. The predicted octanol–water partition coefficient (Wildman–Crippen LogP) is 5.70. The number of hydrogen-bond donors (Lipinski definition) is 2. The van der Waals surface area contributed by atoms with E-state index in [0.29, 0.717) is 34.1 Å². The summed E-state index contributed by atoms with van der Waals surface area (Å²) in [4.78, 5) is 8.23. The van der Waals surface area contributed by atoms with Crippen molar-refractivity contribution in [3.8, 4) is 34.3 Å². The molecule has 0 amide bonds. The van der Waals surface area contributed by atoms with Gasteiger partial charge in [-0.25, -0.2) is 14.4 Å². The highest BCUT2D eigenvalue weighted by atomic mass is 79.9. The van der Waals surface area contributed by atoms with Crippen LogP contribution >= 0.6 is 15.9 Å². The first-order valence-corrected chi connectivity index (χ1v) is 10.0. The highest BCUT2D eigenvalue weighted by Crippen LogP contribution is 2.39. The Balaban J connectivity index is 1.61. The Morgan fingerprint density at radius 2 is 1.77 bits per heavy atom. The molecule has 0 spiro atoms. The zero-order valence-electron chi connectivity index (χ0n) is 16.1. The Kier molecular flexibility index (Phi) is 5.99. The summed E-state index contributed by atoms with van der Waals surface area (Å²) >= 11 is 3.43. The van der Waals surface area contributed by atoms with E-state index in [2.05, 4.69) is 25.9 Å². The predicted molar refractivity (Wildman–Crippen MR) is 118 cm³/mol. The Bertz CT molecular complexity index is 1240. The van der Waals surface area contributed by atoms with Crippen LogP contribution in [-0.4, -0.2) is 15.1 Å². The van der Waals surface area contributed by atoms with Crippen LogP contribution in [0.3, 0.4) is 0 Å². The zero-order chi connectivity index (χ0) is 21.8. The molecule has 1 heterocycles. The van der Waals surface area contributed by atoms with Crippen LogP contribution in [-0.2, 0) is 6.61 Å². The lowest BCUT2D eigenvalue weighted by Gasteiger charge is -2.14. The number of nitrogens with two attached hydrogens (primary N) is 1. The second kappa shape index (κ2) is 9.01. The Labute approximate surface area is 186 Å². The monoisotopic (exact) mass is 481 g/mol. The van der Waals surface area contributed by atoms with Crippen LogP contribution in [0.15, 0.2) is 77.4 Å². The summed E-state index contributed by atoms with van der Waals surface area (Å²) in [6.45, 7) is 0.0301. The smallest absolute Gasteiger partial charge is 0.220 e. The van der Waals surface area contributed by atoms with Gasteiger partial charge in [0.2, 0.25) is 5.95 Å². The third-order valence-electron chi connectivity index (χ3n) is 4.41. The van der Waals surface area contributed by atoms with Gasteiger partial charge in [-0.3, -0.25) is 0 Å². The van der Waals surface area contributed by atoms with Crippen LogP contribution in [0.2, 0.25) is 0 Å². The van der Waals surface area contributed by atoms with Gasteiger partial charge in [-0.1, -0.05) is 30.3 Å². The van der Waals surface area contributed by atoms with E-state index < -0.39 is 0 Å². The molecule has 0 radical (unpaired) electrons. The van der Waals surface area contributed by atoms with Crippen molar-refractivity contribution in [2.45, 2.75) is 6.61 Å². The number of benzene rings is 3. The third kappa shape index (κ3) is 4.75. The number of phenols is 1. The van der Waals surface area contributed by atoms with E-state index in [0.717, 1.165) is 4.47 Å². The summed E-state index contributed by atoms with van der Waals surface area (Å²) in [6.07, 6.45) is 1.44. The first kappa shape index (κ1) is 20.6. The van der Waals surface area contributed by atoms with Crippen molar-refractivity contribution in [2.24, 2.45) is 0 Å². The minimum absolute atomic E-state index is 0.0301. The lowest BCUT2D eigenvalue weighted by Crippen LogP contribution is -2.00. The van der Waals surface area contributed by atoms with Gasteiger partial charge in [-0.05, 0) is 46.3 Å². The second-order valence-electron chi connectivity index (χ2n) is 6.53. The van der Waals surface area contributed by atoms with Crippen LogP contribution in [0.5, 0.6) is 23.0 Å². The Morgan fingerprint density at radius 3 is 2.55 bits per heavy atom. The summed E-state index contributed by atoms with van der Waals surface area (Å²) in [5.74, 6) is 0.834. The molecule has 3 N–H and O–H groups in total. The fraction of sp³-hybridized carbons (Fsp3) is 0.0435. The number of para-hydroxylation sites is 1. The summed E-state index contributed by atoms with van der Waals surface area (Å²) in [5.41, 5.74) is 6.89. The van der Waals surface area contributed by atoms with Gasteiger partial charge in [-0.2, -0.15) is 0 Å². The molecule has 8 heteroatoms. The molecule has 0 aliphatic rings. The lowest BCUT2D eigenvalue weighted by molar-refractivity contribution is 0.298. The van der Waals surface area contributed by atoms with Crippen LogP contribution in [0.4, 0.5) is 10.3 Å². The van der Waals surface area contributed by atoms with Crippen LogP contribution < -0.4 is 15.2 Å². The SMILES string of the molecule is Nc1ncc(Oc2ccccc2Br)c(-c2ccc(OCc3ccccc3F)cc2O)n1. The highest BCUT2D eigenvalue weighted by molar-refractivity contribution is 9.10. The number of nitrogens with zero attached hydrogens (tertiary/aromatic N) is 2. The average Bonchev–Trinajstić information content (AvgIpc) is 2.76. The molecule has 6 nitrogen and oxygen atoms in total. The molecule has 0 bridgehead atoms. The Hall–Kier alpha value is -3.65. The number of phenolic OH excluding ortho intramolecular Hbond substituents is 1. The van der Waals surface area contributed by atoms with E-state index in [1.807, 2.05) is 18.2 Å². The molecule has 4 aromatic rings. The minimum Gasteiger partial charge on any atom is -0.507 e. The highest BCUT2D eigenvalue weighted by Gasteiger charge is 2.16. The fourth-order valence-electron chi connectivity index (χ4n) is 2.88. The largest absolute Gasteiger partial charge is 0.507 e. The van der Waals surface area contributed by atoms with E-state index in [9.17, 15) is 9.50 Å². The van der Waals surface area contributed by atoms with Crippen molar-refractivity contribution in [3.63, 3.8) is 0 Å². The summed E-state index contributed by atoms with van der Waals surface area (Å²) < 4.78 is 26.1. The van der Waals surface area contributed by atoms with E-state index in [4.69, 9.17) is 15.2 Å². The van der Waals surface area contributed by atoms with Crippen LogP contribution in [0.1, 0.15) is 5.56 Å². The molecule has 0 atom stereocenters. The van der Waals surface area contributed by atoms with Gasteiger partial charge >= 0.3 is 0 Å². The average molecular weight is 482 g/mol. The minimum atomic E-state index is -0.353. The number of halogens is 2. The quantitative estimate of drug-likeness (QED) is 0.366. The van der Waals surface area contributed by atoms with Crippen molar-refractivity contribution in [2.75, 3.05) is 5.73 Å². The molecule has 3 aromatic carbocycles. The van der Waals surface area contributed by atoms with Crippen molar-refractivity contribution < 1.29 is 19.0 Å². The molecule has 0 saturated carbocycles. The summed E-state index contributed by atoms with van der Waals surface area (Å²) in [6, 6.07) is 18.4. The fourth-order valence-corrected chi connectivity index (χ4v) is 3.24. The number of aromatic nitrogens is 2. The summed E-state index contributed by atoms with van der Waals surface area (Å²) in [7, 11) is 0. The van der Waals surface area contributed by atoms with Crippen molar-refractivity contribution in [3.05, 3.63) is 88.8 Å². The van der Waals surface area contributed by atoms with Gasteiger partial charge in [0.1, 0.15) is 35.4 Å². The van der Waals surface area contributed by atoms with Gasteiger partial charge in [-0.15, -0.1) is 0 Å². The zero-order valence-corrected chi connectivity index (χ0v) is 17.7. The molecule has 0 saturated heterocycles. The van der Waals surface area contributed by atoms with Crippen molar-refractivity contribution in [1.29, 1.82) is 0 Å². The number of anilines is 1. The van der Waals surface area contributed by atoms with Gasteiger partial charge in [0.05, 0.1) is 10.7 Å². The summed E-state index contributed by atoms with van der Waals surface area (Å²) in [5, 5.41) is 10.6. The van der Waals surface area contributed by atoms with E-state index in [1.54, 1.807) is 36.4 Å². The van der Waals surface area contributed by atoms with E-state index in [-0.39, 0.29) is 24.1 Å². The maximum absolute atomic E-state index is 13.8. The second-order valence-corrected chi connectivity index (χ2v) is 7.39. The lowest BCUT2D eigenvalue weighted by atomic mass is 10.1. The number of aromatic hydroxyl groups is 1. The molecular formula is C23H17BrFN3O3. The molecule has 0 aliphatic carbocycles. The van der Waals surface area contributed by atoms with Gasteiger partial charge in [0.25, 0.3) is 0 Å². The molecule has 156 valence electrons. The number of hydrogen-bond acceptors (Lipinski definition) is 6. The molecule has 31 heavy (non-hydrogen) atoms. The number of rotatable bonds is 6. The maximum atomic E-state index is 13.8. The molecule has 1 aromatic heterocycles. The number of ether oxygens (including phenoxy) is 2. The van der Waals surface area contributed by atoms with Gasteiger partial charge in [0.15, 0.2) is 5.75 Å². The maximum Gasteiger partial charge on any atom is 0.220 e. The Morgan fingerprint density at radius 1 is 1.00 bits per heavy atom. The van der Waals surface area contributed by atoms with Crippen molar-refractivity contribution in [1.82, 2.24) is 9.97 Å².